The van der Waals surface area contributed by atoms with Crippen LogP contribution in [0, 0.1) is 12.8 Å². The molecule has 2 saturated heterocycles. The number of ether oxygens (including phenoxy) is 3. The lowest BCUT2D eigenvalue weighted by atomic mass is 9.82. The van der Waals surface area contributed by atoms with Crippen LogP contribution in [-0.4, -0.2) is 49.8 Å². The van der Waals surface area contributed by atoms with Crippen LogP contribution in [0.4, 0.5) is 0 Å². The molecule has 0 saturated carbocycles. The first-order chi connectivity index (χ1) is 15.4. The van der Waals surface area contributed by atoms with Gasteiger partial charge in [0.2, 0.25) is 11.7 Å². The molecule has 2 aliphatic rings. The molecule has 8 nitrogen and oxygen atoms in total. The lowest BCUT2D eigenvalue weighted by Crippen LogP contribution is -2.41. The Balaban J connectivity index is 1.86. The number of rotatable bonds is 7. The van der Waals surface area contributed by atoms with Crippen molar-refractivity contribution in [1.29, 1.82) is 0 Å². The van der Waals surface area contributed by atoms with E-state index in [9.17, 15) is 9.90 Å². The molecule has 0 radical (unpaired) electrons. The number of carbonyl (C=O) groups is 1. The SMILES string of the molecule is CCCN1C(=O)C2NNC(c3cc(C)ccc3O)C2C1c1cc(OC)c(OC)c(OC)c1. The number of nitrogens with zero attached hydrogens (tertiary/aromatic N) is 1. The summed E-state index contributed by atoms with van der Waals surface area (Å²) in [5, 5.41) is 10.6. The van der Waals surface area contributed by atoms with Crippen LogP contribution in [0.2, 0.25) is 0 Å². The predicted octanol–water partition coefficient (Wildman–Crippen LogP) is 2.85. The second-order valence-electron chi connectivity index (χ2n) is 8.32. The number of phenols is 1. The number of phenolic OH excluding ortho intramolecular Hbond substituents is 1. The molecule has 2 aliphatic heterocycles. The minimum absolute atomic E-state index is 0.0396. The maximum absolute atomic E-state index is 13.4. The third kappa shape index (κ3) is 3.53. The van der Waals surface area contributed by atoms with Crippen LogP contribution in [0.3, 0.4) is 0 Å². The average molecular weight is 442 g/mol. The molecule has 1 amide bonds. The molecule has 4 atom stereocenters. The maximum Gasteiger partial charge on any atom is 0.242 e. The number of hydrogen-bond donors (Lipinski definition) is 3. The first-order valence-corrected chi connectivity index (χ1v) is 10.9. The van der Waals surface area contributed by atoms with Crippen molar-refractivity contribution in [1.82, 2.24) is 15.8 Å². The first kappa shape index (κ1) is 22.2. The van der Waals surface area contributed by atoms with Crippen LogP contribution >= 0.6 is 0 Å². The zero-order valence-corrected chi connectivity index (χ0v) is 19.1. The normalized spacial score (nSPS) is 24.5. The third-order valence-electron chi connectivity index (χ3n) is 6.42. The van der Waals surface area contributed by atoms with E-state index in [1.807, 2.05) is 36.1 Å². The molecule has 2 fully saturated rings. The van der Waals surface area contributed by atoms with E-state index >= 15 is 0 Å². The first-order valence-electron chi connectivity index (χ1n) is 10.9. The van der Waals surface area contributed by atoms with Crippen molar-refractivity contribution in [2.24, 2.45) is 5.92 Å². The minimum atomic E-state index is -0.407. The Morgan fingerprint density at radius 3 is 2.25 bits per heavy atom. The summed E-state index contributed by atoms with van der Waals surface area (Å²) in [7, 11) is 4.74. The molecular formula is C24H31N3O5. The Morgan fingerprint density at radius 2 is 1.66 bits per heavy atom. The fourth-order valence-electron chi connectivity index (χ4n) is 5.05. The van der Waals surface area contributed by atoms with Gasteiger partial charge in [0.1, 0.15) is 11.8 Å². The van der Waals surface area contributed by atoms with Gasteiger partial charge >= 0.3 is 0 Å². The summed E-state index contributed by atoms with van der Waals surface area (Å²) < 4.78 is 16.6. The third-order valence-corrected chi connectivity index (χ3v) is 6.42. The Morgan fingerprint density at radius 1 is 1.00 bits per heavy atom. The number of hydrogen-bond acceptors (Lipinski definition) is 7. The average Bonchev–Trinajstić information content (AvgIpc) is 3.34. The smallest absolute Gasteiger partial charge is 0.242 e. The van der Waals surface area contributed by atoms with Gasteiger partial charge in [-0.25, -0.2) is 10.9 Å². The molecule has 172 valence electrons. The highest BCUT2D eigenvalue weighted by Crippen LogP contribution is 2.51. The van der Waals surface area contributed by atoms with Crippen molar-refractivity contribution in [3.8, 4) is 23.0 Å². The number of hydrazine groups is 1. The van der Waals surface area contributed by atoms with Crippen LogP contribution in [0.5, 0.6) is 23.0 Å². The quantitative estimate of drug-likeness (QED) is 0.609. The van der Waals surface area contributed by atoms with E-state index in [-0.39, 0.29) is 29.7 Å². The van der Waals surface area contributed by atoms with Gasteiger partial charge in [0.25, 0.3) is 0 Å². The van der Waals surface area contributed by atoms with Gasteiger partial charge in [-0.15, -0.1) is 0 Å². The van der Waals surface area contributed by atoms with Gasteiger partial charge in [-0.2, -0.15) is 0 Å². The molecule has 4 unspecified atom stereocenters. The largest absolute Gasteiger partial charge is 0.508 e. The minimum Gasteiger partial charge on any atom is -0.508 e. The molecule has 2 aromatic rings. The van der Waals surface area contributed by atoms with Crippen molar-refractivity contribution in [3.63, 3.8) is 0 Å². The fraction of sp³-hybridized carbons (Fsp3) is 0.458. The van der Waals surface area contributed by atoms with E-state index in [0.717, 1.165) is 23.1 Å². The summed E-state index contributed by atoms with van der Waals surface area (Å²) in [5.41, 5.74) is 9.18. The molecule has 0 aromatic heterocycles. The van der Waals surface area contributed by atoms with E-state index in [0.29, 0.717) is 23.8 Å². The molecule has 8 heteroatoms. The van der Waals surface area contributed by atoms with Crippen LogP contribution < -0.4 is 25.1 Å². The number of fused-ring (bicyclic) bond motifs is 1. The Hall–Kier alpha value is -2.97. The molecule has 32 heavy (non-hydrogen) atoms. The molecule has 0 aliphatic carbocycles. The van der Waals surface area contributed by atoms with E-state index in [2.05, 4.69) is 17.8 Å². The second kappa shape index (κ2) is 8.88. The summed E-state index contributed by atoms with van der Waals surface area (Å²) in [4.78, 5) is 15.3. The topological polar surface area (TPSA) is 92.3 Å². The highest BCUT2D eigenvalue weighted by Gasteiger charge is 2.55. The Labute approximate surface area is 188 Å². The number of likely N-dealkylation sites (tertiary alicyclic amines) is 1. The molecule has 3 N–H and O–H groups in total. The van der Waals surface area contributed by atoms with Crippen LogP contribution in [-0.2, 0) is 4.79 Å². The van der Waals surface area contributed by atoms with Crippen LogP contribution in [0.15, 0.2) is 30.3 Å². The van der Waals surface area contributed by atoms with Crippen molar-refractivity contribution < 1.29 is 24.1 Å². The summed E-state index contributed by atoms with van der Waals surface area (Å²) in [5.74, 6) is 1.70. The number of carbonyl (C=O) groups excluding carboxylic acids is 1. The summed E-state index contributed by atoms with van der Waals surface area (Å²) >= 11 is 0. The molecular weight excluding hydrogens is 410 g/mol. The highest BCUT2D eigenvalue weighted by atomic mass is 16.5. The van der Waals surface area contributed by atoms with Crippen molar-refractivity contribution in [2.75, 3.05) is 27.9 Å². The van der Waals surface area contributed by atoms with Gasteiger partial charge in [0, 0.05) is 18.0 Å². The van der Waals surface area contributed by atoms with Gasteiger partial charge in [0.15, 0.2) is 11.5 Å². The predicted molar refractivity (Wildman–Crippen MR) is 120 cm³/mol. The summed E-state index contributed by atoms with van der Waals surface area (Å²) in [6.45, 7) is 4.67. The van der Waals surface area contributed by atoms with E-state index in [1.165, 1.54) is 0 Å². The van der Waals surface area contributed by atoms with E-state index in [1.54, 1.807) is 27.4 Å². The molecule has 4 rings (SSSR count). The van der Waals surface area contributed by atoms with Crippen LogP contribution in [0.25, 0.3) is 0 Å². The van der Waals surface area contributed by atoms with Gasteiger partial charge < -0.3 is 24.2 Å². The Bertz CT molecular complexity index is 986. The van der Waals surface area contributed by atoms with Crippen molar-refractivity contribution in [2.45, 2.75) is 38.4 Å². The van der Waals surface area contributed by atoms with Crippen LogP contribution in [0.1, 0.15) is 42.1 Å². The molecule has 2 heterocycles. The number of methoxy groups -OCH3 is 3. The lowest BCUT2D eigenvalue weighted by molar-refractivity contribution is -0.130. The van der Waals surface area contributed by atoms with E-state index < -0.39 is 6.04 Å². The number of aryl methyl sites for hydroxylation is 1. The van der Waals surface area contributed by atoms with Gasteiger partial charge in [-0.05, 0) is 37.1 Å². The molecule has 2 aromatic carbocycles. The van der Waals surface area contributed by atoms with Crippen molar-refractivity contribution in [3.05, 3.63) is 47.0 Å². The zero-order chi connectivity index (χ0) is 23.0. The second-order valence-corrected chi connectivity index (χ2v) is 8.32. The highest BCUT2D eigenvalue weighted by molar-refractivity contribution is 5.86. The van der Waals surface area contributed by atoms with Gasteiger partial charge in [-0.1, -0.05) is 24.6 Å². The maximum atomic E-state index is 13.4. The van der Waals surface area contributed by atoms with Gasteiger partial charge in [0.05, 0.1) is 33.4 Å². The summed E-state index contributed by atoms with van der Waals surface area (Å²) in [6.07, 6.45) is 0.833. The lowest BCUT2D eigenvalue weighted by Gasteiger charge is -2.32. The van der Waals surface area contributed by atoms with Gasteiger partial charge in [-0.3, -0.25) is 4.79 Å². The standard InChI is InChI=1S/C24H31N3O5/c1-6-9-27-22(14-11-17(30-3)23(32-5)18(12-14)31-4)19-20(25-26-21(19)24(27)29)15-10-13(2)7-8-16(15)28/h7-8,10-12,19-22,25-26,28H,6,9H2,1-5H3. The zero-order valence-electron chi connectivity index (χ0n) is 19.1. The number of benzene rings is 2. The number of aromatic hydroxyl groups is 1. The molecule has 0 spiro atoms. The van der Waals surface area contributed by atoms with Crippen molar-refractivity contribution >= 4 is 5.91 Å². The monoisotopic (exact) mass is 441 g/mol. The number of amides is 1. The molecule has 0 bridgehead atoms. The Kier molecular flexibility index (Phi) is 6.17. The number of nitrogens with one attached hydrogen (secondary N) is 2. The van der Waals surface area contributed by atoms with E-state index in [4.69, 9.17) is 14.2 Å². The fourth-order valence-corrected chi connectivity index (χ4v) is 5.05. The summed E-state index contributed by atoms with van der Waals surface area (Å²) in [6, 6.07) is 8.47.